The van der Waals surface area contributed by atoms with Crippen LogP contribution in [0.15, 0.2) is 30.3 Å². The summed E-state index contributed by atoms with van der Waals surface area (Å²) in [7, 11) is -0.613. The Balaban J connectivity index is 2.36. The normalized spacial score (nSPS) is 12.8. The zero-order chi connectivity index (χ0) is 12.3. The second-order valence-corrected chi connectivity index (χ2v) is 4.78. The highest BCUT2D eigenvalue weighted by Crippen LogP contribution is 2.26. The topological polar surface area (TPSA) is 26.3 Å². The average molecular weight is 253 g/mol. The second kappa shape index (κ2) is 9.32. The van der Waals surface area contributed by atoms with Crippen LogP contribution < -0.4 is 0 Å². The number of hydrogen-bond acceptors (Lipinski definition) is 2. The van der Waals surface area contributed by atoms with E-state index in [0.29, 0.717) is 12.5 Å². The number of rotatable bonds is 9. The Morgan fingerprint density at radius 3 is 2.59 bits per heavy atom. The van der Waals surface area contributed by atoms with Crippen molar-refractivity contribution in [3.63, 3.8) is 0 Å². The van der Waals surface area contributed by atoms with Gasteiger partial charge in [-0.25, -0.2) is 0 Å². The van der Waals surface area contributed by atoms with Crippen molar-refractivity contribution in [2.45, 2.75) is 44.9 Å². The van der Waals surface area contributed by atoms with E-state index in [9.17, 15) is 4.57 Å². The molecule has 3 heteroatoms. The summed E-state index contributed by atoms with van der Waals surface area (Å²) in [6.45, 7) is 2.85. The summed E-state index contributed by atoms with van der Waals surface area (Å²) in [4.78, 5) is 0. The van der Waals surface area contributed by atoms with E-state index < -0.39 is 8.69 Å². The van der Waals surface area contributed by atoms with Crippen molar-refractivity contribution in [3.8, 4) is 0 Å². The predicted molar refractivity (Wildman–Crippen MR) is 72.9 cm³/mol. The van der Waals surface area contributed by atoms with E-state index in [1.165, 1.54) is 24.8 Å². The Bertz CT molecular complexity index is 300. The molecule has 0 fully saturated rings. The van der Waals surface area contributed by atoms with Gasteiger partial charge in [-0.05, 0) is 35.3 Å². The highest BCUT2D eigenvalue weighted by Gasteiger charge is 2.09. The van der Waals surface area contributed by atoms with Crippen molar-refractivity contribution in [2.75, 3.05) is 6.61 Å². The summed E-state index contributed by atoms with van der Waals surface area (Å²) in [6.07, 6.45) is 5.81. The molecule has 0 aliphatic carbocycles. The fourth-order valence-electron chi connectivity index (χ4n) is 2.16. The fourth-order valence-corrected chi connectivity index (χ4v) is 2.39. The van der Waals surface area contributed by atoms with Crippen LogP contribution in [0.2, 0.25) is 0 Å². The maximum Gasteiger partial charge on any atom is 0.494 e. The molecule has 2 atom stereocenters. The third-order valence-electron chi connectivity index (χ3n) is 3.02. The van der Waals surface area contributed by atoms with E-state index in [1.54, 1.807) is 0 Å². The first-order valence-corrected chi connectivity index (χ1v) is 7.24. The first kappa shape index (κ1) is 14.3. The van der Waals surface area contributed by atoms with Crippen LogP contribution >= 0.6 is 8.69 Å². The molecule has 94 valence electrons. The van der Waals surface area contributed by atoms with Gasteiger partial charge in [-0.2, -0.15) is 0 Å². The molecule has 0 N–H and O–H groups in total. The molecule has 17 heavy (non-hydrogen) atoms. The van der Waals surface area contributed by atoms with Crippen molar-refractivity contribution < 1.29 is 9.09 Å². The van der Waals surface area contributed by atoms with E-state index in [4.69, 9.17) is 4.52 Å². The van der Waals surface area contributed by atoms with Crippen LogP contribution in [0, 0.1) is 0 Å². The standard InChI is InChI=1S/C14H22O2P/c1-2-8-13(11-6-7-12-16-17-15)14-9-4-3-5-10-14/h3-5,9-10,13,17H,2,6-8,11-12H2,1H3/q+1. The molecule has 0 aromatic heterocycles. The SMILES string of the molecule is CCCC(CCCCO[PH+]=O)c1ccccc1. The van der Waals surface area contributed by atoms with E-state index >= 15 is 0 Å². The van der Waals surface area contributed by atoms with Gasteiger partial charge in [0.05, 0.1) is 0 Å². The lowest BCUT2D eigenvalue weighted by molar-refractivity contribution is 0.325. The van der Waals surface area contributed by atoms with Gasteiger partial charge < -0.3 is 0 Å². The molecular weight excluding hydrogens is 231 g/mol. The highest BCUT2D eigenvalue weighted by molar-refractivity contribution is 7.17. The molecule has 0 saturated carbocycles. The first-order valence-electron chi connectivity index (χ1n) is 6.42. The lowest BCUT2D eigenvalue weighted by atomic mass is 9.90. The van der Waals surface area contributed by atoms with Crippen molar-refractivity contribution in [1.82, 2.24) is 0 Å². The second-order valence-electron chi connectivity index (χ2n) is 4.32. The summed E-state index contributed by atoms with van der Waals surface area (Å²) in [5.74, 6) is 0.663. The van der Waals surface area contributed by atoms with Crippen LogP contribution in [0.5, 0.6) is 0 Å². The zero-order valence-corrected chi connectivity index (χ0v) is 11.5. The van der Waals surface area contributed by atoms with E-state index in [-0.39, 0.29) is 0 Å². The number of benzene rings is 1. The molecule has 1 aromatic rings. The van der Waals surface area contributed by atoms with Gasteiger partial charge in [0.2, 0.25) is 0 Å². The smallest absolute Gasteiger partial charge is 0.148 e. The third kappa shape index (κ3) is 5.95. The van der Waals surface area contributed by atoms with Gasteiger partial charge in [-0.1, -0.05) is 50.1 Å². The predicted octanol–water partition coefficient (Wildman–Crippen LogP) is 4.70. The van der Waals surface area contributed by atoms with Gasteiger partial charge in [0, 0.05) is 0 Å². The minimum absolute atomic E-state index is 0.613. The van der Waals surface area contributed by atoms with Crippen LogP contribution in [0.25, 0.3) is 0 Å². The van der Waals surface area contributed by atoms with Crippen LogP contribution in [-0.2, 0) is 9.09 Å². The maximum absolute atomic E-state index is 10.2. The Kier molecular flexibility index (Phi) is 7.87. The molecule has 0 spiro atoms. The minimum Gasteiger partial charge on any atom is -0.148 e. The lowest BCUT2D eigenvalue weighted by Gasteiger charge is -2.16. The summed E-state index contributed by atoms with van der Waals surface area (Å²) < 4.78 is 15.0. The average Bonchev–Trinajstić information content (AvgIpc) is 2.38. The van der Waals surface area contributed by atoms with Gasteiger partial charge in [-0.15, -0.1) is 4.52 Å². The summed E-state index contributed by atoms with van der Waals surface area (Å²) >= 11 is 0. The summed E-state index contributed by atoms with van der Waals surface area (Å²) in [5, 5.41) is 0. The van der Waals surface area contributed by atoms with Crippen LogP contribution in [-0.4, -0.2) is 6.61 Å². The molecule has 0 radical (unpaired) electrons. The van der Waals surface area contributed by atoms with Gasteiger partial charge in [0.25, 0.3) is 0 Å². The maximum atomic E-state index is 10.2. The molecule has 0 aliphatic rings. The molecule has 1 rings (SSSR count). The zero-order valence-electron chi connectivity index (χ0n) is 10.5. The van der Waals surface area contributed by atoms with Gasteiger partial charge in [0.1, 0.15) is 6.61 Å². The van der Waals surface area contributed by atoms with E-state index in [1.807, 2.05) is 0 Å². The highest BCUT2D eigenvalue weighted by atomic mass is 31.1. The quantitative estimate of drug-likeness (QED) is 0.471. The Labute approximate surface area is 106 Å². The monoisotopic (exact) mass is 253 g/mol. The molecule has 0 bridgehead atoms. The Morgan fingerprint density at radius 1 is 1.18 bits per heavy atom. The molecule has 0 amide bonds. The lowest BCUT2D eigenvalue weighted by Crippen LogP contribution is -1.99. The van der Waals surface area contributed by atoms with E-state index in [0.717, 1.165) is 12.8 Å². The number of hydrogen-bond donors (Lipinski definition) is 0. The van der Waals surface area contributed by atoms with Crippen LogP contribution in [0.1, 0.15) is 50.5 Å². The summed E-state index contributed by atoms with van der Waals surface area (Å²) in [6, 6.07) is 10.7. The summed E-state index contributed by atoms with van der Waals surface area (Å²) in [5.41, 5.74) is 1.45. The molecule has 2 unspecified atom stereocenters. The number of unbranched alkanes of at least 4 members (excludes halogenated alkanes) is 1. The van der Waals surface area contributed by atoms with E-state index in [2.05, 4.69) is 37.3 Å². The fraction of sp³-hybridized carbons (Fsp3) is 0.571. The van der Waals surface area contributed by atoms with Crippen molar-refractivity contribution in [1.29, 1.82) is 0 Å². The molecule has 0 saturated heterocycles. The first-order chi connectivity index (χ1) is 8.38. The van der Waals surface area contributed by atoms with Crippen molar-refractivity contribution in [2.24, 2.45) is 0 Å². The van der Waals surface area contributed by atoms with Gasteiger partial charge in [0.15, 0.2) is 0 Å². The largest absolute Gasteiger partial charge is 0.494 e. The van der Waals surface area contributed by atoms with Crippen molar-refractivity contribution in [3.05, 3.63) is 35.9 Å². The minimum atomic E-state index is -0.613. The Morgan fingerprint density at radius 2 is 1.94 bits per heavy atom. The molecule has 0 heterocycles. The molecule has 1 aromatic carbocycles. The van der Waals surface area contributed by atoms with Gasteiger partial charge >= 0.3 is 8.69 Å². The molecular formula is C14H22O2P+. The molecule has 0 aliphatic heterocycles. The third-order valence-corrected chi connectivity index (χ3v) is 3.34. The van der Waals surface area contributed by atoms with Crippen molar-refractivity contribution >= 4 is 8.69 Å². The van der Waals surface area contributed by atoms with Crippen LogP contribution in [0.3, 0.4) is 0 Å². The van der Waals surface area contributed by atoms with Crippen LogP contribution in [0.4, 0.5) is 0 Å². The molecule has 2 nitrogen and oxygen atoms in total. The van der Waals surface area contributed by atoms with Gasteiger partial charge in [-0.3, -0.25) is 0 Å². The Hall–Kier alpha value is -0.720.